The minimum absolute atomic E-state index is 0.0179. The predicted octanol–water partition coefficient (Wildman–Crippen LogP) is 5.14. The molecule has 0 bridgehead atoms. The number of rotatable bonds is 5. The topological polar surface area (TPSA) is 71.3 Å². The highest BCUT2D eigenvalue weighted by molar-refractivity contribution is 9.10. The minimum Gasteiger partial charge on any atom is -0.338 e. The molecule has 4 rings (SSSR count). The lowest BCUT2D eigenvalue weighted by Gasteiger charge is -2.30. The first kappa shape index (κ1) is 21.0. The van der Waals surface area contributed by atoms with E-state index in [2.05, 4.69) is 36.3 Å². The number of aromatic nitrogens is 2. The standard InChI is InChI=1S/C21H19BrClFN4O2/c22-15-5-1-3-13(9-15)20-26-19(30-27-20)12-28-8-2-4-14(11-28)21(29)25-16-6-7-18(24)17(23)10-16/h1,3,5-7,9-10,14H,2,4,8,11-12H2,(H,25,29). The smallest absolute Gasteiger partial charge is 0.241 e. The van der Waals surface area contributed by atoms with Crippen molar-refractivity contribution in [2.75, 3.05) is 18.4 Å². The van der Waals surface area contributed by atoms with Gasteiger partial charge in [0.2, 0.25) is 17.6 Å². The Balaban J connectivity index is 1.37. The summed E-state index contributed by atoms with van der Waals surface area (Å²) in [7, 11) is 0. The molecular weight excluding hydrogens is 475 g/mol. The van der Waals surface area contributed by atoms with Crippen LogP contribution in [0.4, 0.5) is 10.1 Å². The van der Waals surface area contributed by atoms with Crippen LogP contribution in [0.5, 0.6) is 0 Å². The summed E-state index contributed by atoms with van der Waals surface area (Å²) in [6.45, 7) is 1.91. The number of hydrogen-bond donors (Lipinski definition) is 1. The van der Waals surface area contributed by atoms with E-state index in [1.807, 2.05) is 24.3 Å². The Morgan fingerprint density at radius 2 is 2.20 bits per heavy atom. The van der Waals surface area contributed by atoms with Crippen LogP contribution in [0.2, 0.25) is 5.02 Å². The molecule has 30 heavy (non-hydrogen) atoms. The van der Waals surface area contributed by atoms with Gasteiger partial charge in [-0.2, -0.15) is 4.98 Å². The van der Waals surface area contributed by atoms with Gasteiger partial charge in [-0.15, -0.1) is 0 Å². The van der Waals surface area contributed by atoms with Crippen molar-refractivity contribution in [2.24, 2.45) is 5.92 Å². The summed E-state index contributed by atoms with van der Waals surface area (Å²) in [6.07, 6.45) is 1.67. The van der Waals surface area contributed by atoms with Gasteiger partial charge < -0.3 is 9.84 Å². The number of benzene rings is 2. The van der Waals surface area contributed by atoms with E-state index in [9.17, 15) is 9.18 Å². The molecule has 9 heteroatoms. The summed E-state index contributed by atoms with van der Waals surface area (Å²) in [6, 6.07) is 11.9. The quantitative estimate of drug-likeness (QED) is 0.533. The maximum atomic E-state index is 13.3. The van der Waals surface area contributed by atoms with E-state index in [1.165, 1.54) is 18.2 Å². The third kappa shape index (κ3) is 5.06. The van der Waals surface area contributed by atoms with Crippen molar-refractivity contribution in [3.63, 3.8) is 0 Å². The molecule has 0 spiro atoms. The fourth-order valence-corrected chi connectivity index (χ4v) is 4.07. The zero-order chi connectivity index (χ0) is 21.1. The molecule has 3 aromatic rings. The molecule has 1 aliphatic rings. The normalized spacial score (nSPS) is 17.1. The first-order valence-corrected chi connectivity index (χ1v) is 10.7. The van der Waals surface area contributed by atoms with Crippen LogP contribution >= 0.6 is 27.5 Å². The van der Waals surface area contributed by atoms with Gasteiger partial charge in [-0.3, -0.25) is 9.69 Å². The molecule has 1 atom stereocenters. The van der Waals surface area contributed by atoms with Crippen LogP contribution in [0.1, 0.15) is 18.7 Å². The van der Waals surface area contributed by atoms with Crippen LogP contribution in [0, 0.1) is 11.7 Å². The molecule has 2 heterocycles. The lowest BCUT2D eigenvalue weighted by atomic mass is 9.97. The monoisotopic (exact) mass is 492 g/mol. The maximum absolute atomic E-state index is 13.3. The Hall–Kier alpha value is -2.29. The van der Waals surface area contributed by atoms with Gasteiger partial charge in [-0.05, 0) is 49.7 Å². The molecule has 1 amide bonds. The summed E-state index contributed by atoms with van der Waals surface area (Å²) < 4.78 is 19.7. The van der Waals surface area contributed by atoms with E-state index < -0.39 is 5.82 Å². The van der Waals surface area contributed by atoms with Gasteiger partial charge in [0.15, 0.2) is 0 Å². The van der Waals surface area contributed by atoms with Gasteiger partial charge >= 0.3 is 0 Å². The van der Waals surface area contributed by atoms with Gasteiger partial charge in [0.25, 0.3) is 0 Å². The van der Waals surface area contributed by atoms with Crippen molar-refractivity contribution in [3.8, 4) is 11.4 Å². The second-order valence-electron chi connectivity index (χ2n) is 7.21. The van der Waals surface area contributed by atoms with Crippen LogP contribution in [0.25, 0.3) is 11.4 Å². The van der Waals surface area contributed by atoms with E-state index in [0.29, 0.717) is 30.5 Å². The Labute approximate surface area is 186 Å². The average molecular weight is 494 g/mol. The van der Waals surface area contributed by atoms with E-state index in [-0.39, 0.29) is 16.8 Å². The number of nitrogens with one attached hydrogen (secondary N) is 1. The van der Waals surface area contributed by atoms with Crippen molar-refractivity contribution >= 4 is 39.1 Å². The summed E-state index contributed by atoms with van der Waals surface area (Å²) in [4.78, 5) is 19.3. The summed E-state index contributed by atoms with van der Waals surface area (Å²) >= 11 is 9.23. The molecular formula is C21H19BrClFN4O2. The molecule has 0 saturated carbocycles. The molecule has 1 aliphatic heterocycles. The zero-order valence-electron chi connectivity index (χ0n) is 15.9. The number of likely N-dealkylation sites (tertiary alicyclic amines) is 1. The van der Waals surface area contributed by atoms with Gasteiger partial charge in [0, 0.05) is 22.3 Å². The molecule has 1 unspecified atom stereocenters. The minimum atomic E-state index is -0.514. The summed E-state index contributed by atoms with van der Waals surface area (Å²) in [5.41, 5.74) is 1.35. The van der Waals surface area contributed by atoms with Crippen LogP contribution in [-0.2, 0) is 11.3 Å². The van der Waals surface area contributed by atoms with Gasteiger partial charge in [-0.1, -0.05) is 44.8 Å². The molecule has 0 radical (unpaired) electrons. The number of halogens is 3. The van der Waals surface area contributed by atoms with Crippen molar-refractivity contribution < 1.29 is 13.7 Å². The van der Waals surface area contributed by atoms with Crippen LogP contribution in [0.3, 0.4) is 0 Å². The highest BCUT2D eigenvalue weighted by atomic mass is 79.9. The molecule has 1 aromatic heterocycles. The van der Waals surface area contributed by atoms with Crippen molar-refractivity contribution in [2.45, 2.75) is 19.4 Å². The van der Waals surface area contributed by atoms with Crippen LogP contribution in [-0.4, -0.2) is 34.0 Å². The lowest BCUT2D eigenvalue weighted by Crippen LogP contribution is -2.40. The molecule has 1 N–H and O–H groups in total. The van der Waals surface area contributed by atoms with Gasteiger partial charge in [0.1, 0.15) is 5.82 Å². The summed E-state index contributed by atoms with van der Waals surface area (Å²) in [5, 5.41) is 6.87. The molecule has 2 aromatic carbocycles. The highest BCUT2D eigenvalue weighted by Gasteiger charge is 2.27. The number of amides is 1. The second kappa shape index (κ2) is 9.24. The first-order chi connectivity index (χ1) is 14.5. The van der Waals surface area contributed by atoms with E-state index in [4.69, 9.17) is 16.1 Å². The lowest BCUT2D eigenvalue weighted by molar-refractivity contribution is -0.121. The van der Waals surface area contributed by atoms with E-state index in [0.717, 1.165) is 29.4 Å². The first-order valence-electron chi connectivity index (χ1n) is 9.55. The molecule has 6 nitrogen and oxygen atoms in total. The zero-order valence-corrected chi connectivity index (χ0v) is 18.3. The van der Waals surface area contributed by atoms with Crippen molar-refractivity contribution in [1.82, 2.24) is 15.0 Å². The third-order valence-electron chi connectivity index (χ3n) is 4.97. The largest absolute Gasteiger partial charge is 0.338 e. The number of carbonyl (C=O) groups excluding carboxylic acids is 1. The van der Waals surface area contributed by atoms with Gasteiger partial charge in [0.05, 0.1) is 17.5 Å². The highest BCUT2D eigenvalue weighted by Crippen LogP contribution is 2.24. The number of nitrogens with zero attached hydrogens (tertiary/aromatic N) is 3. The number of piperidine rings is 1. The maximum Gasteiger partial charge on any atom is 0.241 e. The summed E-state index contributed by atoms with van der Waals surface area (Å²) in [5.74, 6) is 0.236. The number of anilines is 1. The van der Waals surface area contributed by atoms with Crippen LogP contribution in [0.15, 0.2) is 51.5 Å². The molecule has 1 fully saturated rings. The SMILES string of the molecule is O=C(Nc1ccc(F)c(Cl)c1)C1CCCN(Cc2nc(-c3cccc(Br)c3)no2)C1. The fraction of sp³-hybridized carbons (Fsp3) is 0.286. The molecule has 0 aliphatic carbocycles. The second-order valence-corrected chi connectivity index (χ2v) is 8.54. The van der Waals surface area contributed by atoms with E-state index >= 15 is 0 Å². The molecule has 156 valence electrons. The predicted molar refractivity (Wildman–Crippen MR) is 115 cm³/mol. The Morgan fingerprint density at radius 3 is 3.00 bits per heavy atom. The van der Waals surface area contributed by atoms with Crippen LogP contribution < -0.4 is 5.32 Å². The van der Waals surface area contributed by atoms with Crippen molar-refractivity contribution in [1.29, 1.82) is 0 Å². The number of hydrogen-bond acceptors (Lipinski definition) is 5. The van der Waals surface area contributed by atoms with Gasteiger partial charge in [-0.25, -0.2) is 4.39 Å². The number of carbonyl (C=O) groups is 1. The molecule has 1 saturated heterocycles. The third-order valence-corrected chi connectivity index (χ3v) is 5.76. The Kier molecular flexibility index (Phi) is 6.46. The Morgan fingerprint density at radius 1 is 1.33 bits per heavy atom. The average Bonchev–Trinajstić information content (AvgIpc) is 3.19. The Bertz CT molecular complexity index is 1060. The fourth-order valence-electron chi connectivity index (χ4n) is 3.49. The van der Waals surface area contributed by atoms with E-state index in [1.54, 1.807) is 0 Å². The van der Waals surface area contributed by atoms with Crippen molar-refractivity contribution in [3.05, 3.63) is 63.7 Å².